The number of hydrogen-bond acceptors (Lipinski definition) is 7. The van der Waals surface area contributed by atoms with Gasteiger partial charge in [-0.1, -0.05) is 36.4 Å². The molecule has 16 heteroatoms. The molecule has 8 saturated carbocycles. The second kappa shape index (κ2) is 18.0. The van der Waals surface area contributed by atoms with E-state index in [-0.39, 0.29) is 37.4 Å². The summed E-state index contributed by atoms with van der Waals surface area (Å²) in [6, 6.07) is 18.7. The number of nitrogens with one attached hydrogen (secondary N) is 1. The average molecular weight is 862 g/mol. The van der Waals surface area contributed by atoms with Crippen LogP contribution in [-0.2, 0) is 30.0 Å². The van der Waals surface area contributed by atoms with Crippen LogP contribution in [0.3, 0.4) is 0 Å². The molecule has 13 nitrogen and oxygen atoms in total. The zero-order valence-corrected chi connectivity index (χ0v) is 35.7. The van der Waals surface area contributed by atoms with Gasteiger partial charge in [-0.15, -0.1) is 12.4 Å². The van der Waals surface area contributed by atoms with Crippen LogP contribution in [0, 0.1) is 47.3 Å². The van der Waals surface area contributed by atoms with E-state index in [0.717, 1.165) is 46.2 Å². The van der Waals surface area contributed by atoms with E-state index in [4.69, 9.17) is 10.8 Å². The maximum Gasteiger partial charge on any atom is 0.318 e. The van der Waals surface area contributed by atoms with Gasteiger partial charge < -0.3 is 16.2 Å². The molecule has 0 spiro atoms. The van der Waals surface area contributed by atoms with Crippen molar-refractivity contribution in [1.82, 2.24) is 13.9 Å². The topological polar surface area (TPSA) is 174 Å². The molecule has 8 bridgehead atoms. The van der Waals surface area contributed by atoms with Gasteiger partial charge in [-0.05, 0) is 149 Å². The molecule has 10 fully saturated rings. The summed E-state index contributed by atoms with van der Waals surface area (Å²) in [6.45, 7) is 0.918. The van der Waals surface area contributed by atoms with E-state index in [0.29, 0.717) is 55.3 Å². The van der Waals surface area contributed by atoms with Gasteiger partial charge >= 0.3 is 26.4 Å². The Morgan fingerprint density at radius 1 is 0.586 bits per heavy atom. The fourth-order valence-corrected chi connectivity index (χ4v) is 15.6. The lowest BCUT2D eigenvalue weighted by Crippen LogP contribution is -2.58. The lowest BCUT2D eigenvalue weighted by atomic mass is 9.54. The monoisotopic (exact) mass is 860 g/mol. The van der Waals surface area contributed by atoms with Crippen molar-refractivity contribution in [3.63, 3.8) is 0 Å². The fourth-order valence-electron chi connectivity index (χ4n) is 12.2. The van der Waals surface area contributed by atoms with Crippen LogP contribution in [0.2, 0.25) is 0 Å². The van der Waals surface area contributed by atoms with Crippen molar-refractivity contribution >= 4 is 56.1 Å². The van der Waals surface area contributed by atoms with Crippen molar-refractivity contribution < 1.29 is 31.5 Å². The minimum Gasteiger partial charge on any atom is -0.480 e. The van der Waals surface area contributed by atoms with Crippen LogP contribution in [0.4, 0.5) is 11.4 Å². The summed E-state index contributed by atoms with van der Waals surface area (Å²) in [5.41, 5.74) is 7.39. The predicted octanol–water partition coefficient (Wildman–Crippen LogP) is 5.10. The van der Waals surface area contributed by atoms with Gasteiger partial charge in [0.25, 0.3) is 0 Å². The quantitative estimate of drug-likeness (QED) is 0.345. The summed E-state index contributed by atoms with van der Waals surface area (Å²) < 4.78 is 55.6. The second-order valence-electron chi connectivity index (χ2n) is 18.1. The number of carbonyl (C=O) groups is 2. The van der Waals surface area contributed by atoms with E-state index in [1.807, 2.05) is 18.2 Å². The Balaban J connectivity index is 0.000000145. The lowest BCUT2D eigenvalue weighted by Gasteiger charge is -2.54. The molecule has 8 aliphatic carbocycles. The molecule has 0 aromatic heterocycles. The van der Waals surface area contributed by atoms with Gasteiger partial charge in [0.1, 0.15) is 6.54 Å². The number of para-hydroxylation sites is 2. The molecular formula is C42H61ClN6O7S2. The van der Waals surface area contributed by atoms with Gasteiger partial charge in [-0.25, -0.2) is 0 Å². The third kappa shape index (κ3) is 9.19. The second-order valence-corrected chi connectivity index (χ2v) is 21.8. The minimum absolute atomic E-state index is 0. The predicted molar refractivity (Wildman–Crippen MR) is 227 cm³/mol. The molecule has 1 amide bonds. The van der Waals surface area contributed by atoms with Crippen molar-refractivity contribution in [3.05, 3.63) is 60.7 Å². The average Bonchev–Trinajstić information content (AvgIpc) is 3.17. The molecule has 2 aromatic rings. The van der Waals surface area contributed by atoms with Crippen LogP contribution in [-0.4, -0.2) is 93.8 Å². The van der Waals surface area contributed by atoms with Crippen LogP contribution in [0.15, 0.2) is 60.7 Å². The Kier molecular flexibility index (Phi) is 13.4. The lowest BCUT2D eigenvalue weighted by molar-refractivity contribution is -0.137. The number of nitrogens with two attached hydrogens (primary N) is 1. The summed E-state index contributed by atoms with van der Waals surface area (Å²) in [5.74, 6) is 5.63. The van der Waals surface area contributed by atoms with Crippen molar-refractivity contribution in [2.75, 3.05) is 47.9 Å². The van der Waals surface area contributed by atoms with Crippen LogP contribution >= 0.6 is 12.4 Å². The van der Waals surface area contributed by atoms with Gasteiger partial charge in [0.05, 0.1) is 17.9 Å². The first-order valence-corrected chi connectivity index (χ1v) is 24.1. The standard InChI is InChI=1S/C21H29N3O3S.C11H14N2O4S.C10H17N.ClH/c25-20(22-21-17-10-15-9-16(12-17)13-18(21)11-15)14-23-7-4-8-24(28(23,26)27)19-5-2-1-3-6-19;14-11(15)9-12-7-4-8-13(18(12,16)17)10-5-2-1-3-6-10;11-10-8-2-6-1-7(4-8)5-9(10)3-6;/h1-3,5-6,15-18,21H,4,7-14H2,(H,22,25);1-3,5-6H,4,7-9H2,(H,14,15);6-10H,1-5,11H2;1H. The number of benzene rings is 2. The van der Waals surface area contributed by atoms with E-state index >= 15 is 0 Å². The zero-order valence-electron chi connectivity index (χ0n) is 33.3. The number of carboxylic acid groups (broad SMARTS) is 1. The van der Waals surface area contributed by atoms with Crippen LogP contribution in [0.25, 0.3) is 0 Å². The number of carboxylic acids is 1. The van der Waals surface area contributed by atoms with Gasteiger partial charge in [0, 0.05) is 38.3 Å². The molecule has 58 heavy (non-hydrogen) atoms. The third-order valence-corrected chi connectivity index (χ3v) is 18.2. The molecule has 2 aromatic carbocycles. The van der Waals surface area contributed by atoms with Crippen molar-refractivity contribution in [2.45, 2.75) is 89.1 Å². The highest BCUT2D eigenvalue weighted by Gasteiger charge is 2.49. The summed E-state index contributed by atoms with van der Waals surface area (Å²) in [5, 5.41) is 12.0. The molecule has 0 radical (unpaired) electrons. The Morgan fingerprint density at radius 3 is 1.36 bits per heavy atom. The Labute approximate surface area is 350 Å². The largest absolute Gasteiger partial charge is 0.480 e. The molecule has 0 unspecified atom stereocenters. The first-order chi connectivity index (χ1) is 27.3. The number of hydrogen-bond donors (Lipinski definition) is 3. The molecule has 2 aliphatic heterocycles. The number of anilines is 2. The van der Waals surface area contributed by atoms with Gasteiger partial charge in [0.15, 0.2) is 0 Å². The van der Waals surface area contributed by atoms with E-state index < -0.39 is 32.9 Å². The number of halogens is 1. The summed E-state index contributed by atoms with van der Waals surface area (Å²) in [4.78, 5) is 23.5. The highest BCUT2D eigenvalue weighted by molar-refractivity contribution is 7.90. The van der Waals surface area contributed by atoms with Crippen molar-refractivity contribution in [2.24, 2.45) is 53.1 Å². The Bertz CT molecular complexity index is 1900. The number of rotatable bonds is 7. The van der Waals surface area contributed by atoms with Crippen LogP contribution < -0.4 is 19.7 Å². The van der Waals surface area contributed by atoms with Gasteiger partial charge in [0.2, 0.25) is 5.91 Å². The SMILES string of the molecule is Cl.NC1C2CC3CC(C2)CC1C3.O=C(CN1CCCN(c2ccccc2)S1(=O)=O)NC1C2CC3CC(C2)CC1C3.O=C(O)CN1CCCN(c2ccccc2)S1(=O)=O. The normalized spacial score (nSPS) is 35.1. The van der Waals surface area contributed by atoms with Gasteiger partial charge in [-0.3, -0.25) is 18.2 Å². The Hall–Kier alpha value is -2.95. The van der Waals surface area contributed by atoms with Crippen LogP contribution in [0.5, 0.6) is 0 Å². The summed E-state index contributed by atoms with van der Waals surface area (Å²) in [7, 11) is -7.39. The zero-order chi connectivity index (χ0) is 39.9. The highest BCUT2D eigenvalue weighted by Crippen LogP contribution is 2.54. The maximum atomic E-state index is 13.1. The Morgan fingerprint density at radius 2 is 0.966 bits per heavy atom. The van der Waals surface area contributed by atoms with Gasteiger partial charge in [-0.2, -0.15) is 25.4 Å². The summed E-state index contributed by atoms with van der Waals surface area (Å²) in [6.07, 6.45) is 15.1. The van der Waals surface area contributed by atoms with E-state index in [1.54, 1.807) is 48.9 Å². The molecule has 12 rings (SSSR count). The molecule has 2 heterocycles. The van der Waals surface area contributed by atoms with E-state index in [2.05, 4.69) is 5.32 Å². The van der Waals surface area contributed by atoms with Crippen molar-refractivity contribution in [1.29, 1.82) is 0 Å². The smallest absolute Gasteiger partial charge is 0.318 e. The first kappa shape index (κ1) is 43.1. The molecule has 0 atom stereocenters. The maximum absolute atomic E-state index is 13.1. The minimum atomic E-state index is -3.73. The number of amides is 1. The summed E-state index contributed by atoms with van der Waals surface area (Å²) >= 11 is 0. The molecule has 2 saturated heterocycles. The fraction of sp³-hybridized carbons (Fsp3) is 0.667. The first-order valence-electron chi connectivity index (χ1n) is 21.3. The molecule has 4 N–H and O–H groups in total. The number of carbonyl (C=O) groups excluding carboxylic acids is 1. The van der Waals surface area contributed by atoms with Crippen LogP contribution in [0.1, 0.15) is 77.0 Å². The van der Waals surface area contributed by atoms with E-state index in [1.165, 1.54) is 70.7 Å². The molecular weight excluding hydrogens is 800 g/mol. The molecule has 10 aliphatic rings. The molecule has 320 valence electrons. The third-order valence-electron chi connectivity index (χ3n) is 14.3. The number of nitrogens with zero attached hydrogens (tertiary/aromatic N) is 4. The van der Waals surface area contributed by atoms with E-state index in [9.17, 15) is 26.4 Å². The highest BCUT2D eigenvalue weighted by atomic mass is 35.5. The van der Waals surface area contributed by atoms with Crippen molar-refractivity contribution in [3.8, 4) is 0 Å². The number of aliphatic carboxylic acids is 1.